The van der Waals surface area contributed by atoms with Crippen LogP contribution in [0, 0.1) is 0 Å². The number of halogens is 1. The lowest BCUT2D eigenvalue weighted by atomic mass is 10.0. The minimum absolute atomic E-state index is 0.412. The fourth-order valence-corrected chi connectivity index (χ4v) is 1.72. The minimum atomic E-state index is -1.14. The number of benzene rings is 1. The van der Waals surface area contributed by atoms with Crippen LogP contribution in [0.4, 0.5) is 4.39 Å². The first-order valence-electron chi connectivity index (χ1n) is 5.46. The van der Waals surface area contributed by atoms with Gasteiger partial charge in [-0.05, 0) is 31.0 Å². The molecule has 0 aliphatic carbocycles. The summed E-state index contributed by atoms with van der Waals surface area (Å²) < 4.78 is 23.8. The van der Waals surface area contributed by atoms with Gasteiger partial charge in [-0.15, -0.1) is 0 Å². The fraction of sp³-hybridized carbons (Fsp3) is 0.462. The van der Waals surface area contributed by atoms with E-state index in [0.717, 1.165) is 11.8 Å². The average molecular weight is 240 g/mol. The Morgan fingerprint density at radius 2 is 2.06 bits per heavy atom. The number of hydrogen-bond acceptors (Lipinski definition) is 3. The van der Waals surface area contributed by atoms with Gasteiger partial charge in [0.05, 0.1) is 14.2 Å². The quantitative estimate of drug-likeness (QED) is 0.717. The first-order valence-corrected chi connectivity index (χ1v) is 5.46. The normalized spacial score (nSPS) is 12.0. The number of aryl methyl sites for hydroxylation is 1. The molecule has 0 saturated heterocycles. The highest BCUT2D eigenvalue weighted by molar-refractivity contribution is 5.53. The van der Waals surface area contributed by atoms with Crippen molar-refractivity contribution >= 4 is 6.29 Å². The van der Waals surface area contributed by atoms with Crippen LogP contribution < -0.4 is 9.47 Å². The third-order valence-corrected chi connectivity index (χ3v) is 2.55. The molecule has 1 atom stereocenters. The van der Waals surface area contributed by atoms with Crippen molar-refractivity contribution < 1.29 is 18.7 Å². The SMILES string of the molecule is COc1cc(CCC=O)cc(C(C)F)c1OC. The Balaban J connectivity index is 3.19. The summed E-state index contributed by atoms with van der Waals surface area (Å²) in [6.07, 6.45) is 0.684. The average Bonchev–Trinajstić information content (AvgIpc) is 2.34. The van der Waals surface area contributed by atoms with E-state index in [1.165, 1.54) is 21.1 Å². The van der Waals surface area contributed by atoms with Crippen LogP contribution in [-0.2, 0) is 11.2 Å². The van der Waals surface area contributed by atoms with Crippen molar-refractivity contribution in [2.45, 2.75) is 25.9 Å². The summed E-state index contributed by atoms with van der Waals surface area (Å²) in [5.41, 5.74) is 1.32. The third-order valence-electron chi connectivity index (χ3n) is 2.55. The van der Waals surface area contributed by atoms with Crippen LogP contribution in [0.2, 0.25) is 0 Å². The Bertz CT molecular complexity index is 388. The van der Waals surface area contributed by atoms with Crippen LogP contribution in [0.3, 0.4) is 0 Å². The summed E-state index contributed by atoms with van der Waals surface area (Å²) in [4.78, 5) is 10.3. The molecule has 0 aliphatic rings. The second-order valence-electron chi connectivity index (χ2n) is 3.74. The molecule has 0 bridgehead atoms. The summed E-state index contributed by atoms with van der Waals surface area (Å²) >= 11 is 0. The maximum Gasteiger partial charge on any atom is 0.166 e. The number of hydrogen-bond donors (Lipinski definition) is 0. The molecule has 0 saturated carbocycles. The highest BCUT2D eigenvalue weighted by atomic mass is 19.1. The zero-order valence-electron chi connectivity index (χ0n) is 10.3. The Hall–Kier alpha value is -1.58. The second kappa shape index (κ2) is 6.23. The molecule has 0 aliphatic heterocycles. The number of alkyl halides is 1. The van der Waals surface area contributed by atoms with Gasteiger partial charge < -0.3 is 14.3 Å². The second-order valence-corrected chi connectivity index (χ2v) is 3.74. The molecule has 0 aromatic heterocycles. The van der Waals surface area contributed by atoms with Gasteiger partial charge in [-0.25, -0.2) is 4.39 Å². The molecule has 94 valence electrons. The van der Waals surface area contributed by atoms with Gasteiger partial charge in [0.25, 0.3) is 0 Å². The monoisotopic (exact) mass is 240 g/mol. The van der Waals surface area contributed by atoms with Crippen molar-refractivity contribution in [1.29, 1.82) is 0 Å². The molecule has 0 radical (unpaired) electrons. The molecule has 1 unspecified atom stereocenters. The largest absolute Gasteiger partial charge is 0.493 e. The Morgan fingerprint density at radius 1 is 1.35 bits per heavy atom. The van der Waals surface area contributed by atoms with E-state index < -0.39 is 6.17 Å². The van der Waals surface area contributed by atoms with Crippen molar-refractivity contribution in [2.75, 3.05) is 14.2 Å². The van der Waals surface area contributed by atoms with E-state index in [2.05, 4.69) is 0 Å². The highest BCUT2D eigenvalue weighted by Gasteiger charge is 2.16. The molecule has 3 nitrogen and oxygen atoms in total. The van der Waals surface area contributed by atoms with Crippen molar-refractivity contribution in [3.63, 3.8) is 0 Å². The summed E-state index contributed by atoms with van der Waals surface area (Å²) in [7, 11) is 2.99. The summed E-state index contributed by atoms with van der Waals surface area (Å²) in [6, 6.07) is 3.49. The van der Waals surface area contributed by atoms with Gasteiger partial charge in [0.15, 0.2) is 11.5 Å². The van der Waals surface area contributed by atoms with Crippen molar-refractivity contribution in [3.8, 4) is 11.5 Å². The van der Waals surface area contributed by atoms with E-state index >= 15 is 0 Å². The Labute approximate surface area is 101 Å². The number of aldehydes is 1. The van der Waals surface area contributed by atoms with Crippen LogP contribution in [0.25, 0.3) is 0 Å². The Morgan fingerprint density at radius 3 is 2.53 bits per heavy atom. The highest BCUT2D eigenvalue weighted by Crippen LogP contribution is 2.37. The summed E-state index contributed by atoms with van der Waals surface area (Å²) in [5, 5.41) is 0. The van der Waals surface area contributed by atoms with Crippen LogP contribution in [0.1, 0.15) is 30.6 Å². The van der Waals surface area contributed by atoms with Crippen LogP contribution in [0.5, 0.6) is 11.5 Å². The lowest BCUT2D eigenvalue weighted by Crippen LogP contribution is -2.00. The van der Waals surface area contributed by atoms with Gasteiger partial charge >= 0.3 is 0 Å². The molecule has 1 rings (SSSR count). The molecule has 1 aromatic carbocycles. The van der Waals surface area contributed by atoms with Crippen molar-refractivity contribution in [2.24, 2.45) is 0 Å². The molecule has 0 spiro atoms. The van der Waals surface area contributed by atoms with Crippen LogP contribution >= 0.6 is 0 Å². The predicted molar refractivity (Wildman–Crippen MR) is 63.5 cm³/mol. The molecule has 17 heavy (non-hydrogen) atoms. The van der Waals surface area contributed by atoms with Gasteiger partial charge in [-0.2, -0.15) is 0 Å². The predicted octanol–water partition coefficient (Wildman–Crippen LogP) is 2.87. The van der Waals surface area contributed by atoms with E-state index in [0.29, 0.717) is 29.9 Å². The lowest BCUT2D eigenvalue weighted by molar-refractivity contribution is -0.107. The fourth-order valence-electron chi connectivity index (χ4n) is 1.72. The van der Waals surface area contributed by atoms with E-state index in [1.807, 2.05) is 0 Å². The van der Waals surface area contributed by atoms with Gasteiger partial charge in [0.2, 0.25) is 0 Å². The molecule has 4 heteroatoms. The number of ether oxygens (including phenoxy) is 2. The van der Waals surface area contributed by atoms with E-state index in [1.54, 1.807) is 12.1 Å². The van der Waals surface area contributed by atoms with Gasteiger partial charge in [0.1, 0.15) is 12.5 Å². The minimum Gasteiger partial charge on any atom is -0.493 e. The third kappa shape index (κ3) is 3.19. The standard InChI is InChI=1S/C13H17FO3/c1-9(14)11-7-10(5-4-6-15)8-12(16-2)13(11)17-3/h6-9H,4-5H2,1-3H3. The van der Waals surface area contributed by atoms with Crippen LogP contribution in [0.15, 0.2) is 12.1 Å². The van der Waals surface area contributed by atoms with Crippen molar-refractivity contribution in [3.05, 3.63) is 23.3 Å². The van der Waals surface area contributed by atoms with E-state index in [4.69, 9.17) is 9.47 Å². The van der Waals surface area contributed by atoms with Crippen molar-refractivity contribution in [1.82, 2.24) is 0 Å². The maximum absolute atomic E-state index is 13.5. The summed E-state index contributed by atoms with van der Waals surface area (Å²) in [6.45, 7) is 1.45. The number of carbonyl (C=O) groups excluding carboxylic acids is 1. The zero-order chi connectivity index (χ0) is 12.8. The maximum atomic E-state index is 13.5. The molecule has 0 N–H and O–H groups in total. The van der Waals surface area contributed by atoms with Crippen LogP contribution in [-0.4, -0.2) is 20.5 Å². The topological polar surface area (TPSA) is 35.5 Å². The molecule has 0 heterocycles. The van der Waals surface area contributed by atoms with E-state index in [9.17, 15) is 9.18 Å². The molecule has 1 aromatic rings. The van der Waals surface area contributed by atoms with Gasteiger partial charge in [-0.1, -0.05) is 0 Å². The number of rotatable bonds is 6. The Kier molecular flexibility index (Phi) is 4.94. The first-order chi connectivity index (χ1) is 8.13. The van der Waals surface area contributed by atoms with E-state index in [-0.39, 0.29) is 0 Å². The first kappa shape index (κ1) is 13.5. The molecule has 0 amide bonds. The van der Waals surface area contributed by atoms with Gasteiger partial charge in [-0.3, -0.25) is 0 Å². The van der Waals surface area contributed by atoms with Gasteiger partial charge in [0, 0.05) is 12.0 Å². The summed E-state index contributed by atoms with van der Waals surface area (Å²) in [5.74, 6) is 0.910. The number of carbonyl (C=O) groups is 1. The molecular weight excluding hydrogens is 223 g/mol. The zero-order valence-corrected chi connectivity index (χ0v) is 10.3. The lowest BCUT2D eigenvalue weighted by Gasteiger charge is -2.15. The number of methoxy groups -OCH3 is 2. The smallest absolute Gasteiger partial charge is 0.166 e. The molecule has 0 fully saturated rings. The molecular formula is C13H17FO3.